The van der Waals surface area contributed by atoms with E-state index in [1.54, 1.807) is 45.2 Å². The van der Waals surface area contributed by atoms with Crippen LogP contribution in [0.15, 0.2) is 30.5 Å². The van der Waals surface area contributed by atoms with Crippen molar-refractivity contribution in [3.8, 4) is 0 Å². The van der Waals surface area contributed by atoms with Gasteiger partial charge in [-0.3, -0.25) is 4.79 Å². The van der Waals surface area contributed by atoms with Crippen LogP contribution in [0.25, 0.3) is 10.9 Å². The first-order valence-corrected chi connectivity index (χ1v) is 6.30. The minimum Gasteiger partial charge on any atom is -0.427 e. The number of hydrogen-bond acceptors (Lipinski definition) is 4. The van der Waals surface area contributed by atoms with Crippen LogP contribution in [0.3, 0.4) is 0 Å². The molecule has 1 N–H and O–H groups in total. The lowest BCUT2D eigenvalue weighted by Gasteiger charge is -2.16. The maximum absolute atomic E-state index is 12.0. The number of hydrogen-bond donors (Lipinski definition) is 1. The first kappa shape index (κ1) is 14.1. The molecule has 0 amide bonds. The molecule has 0 saturated carbocycles. The molecule has 106 valence electrons. The number of carbonyl (C=O) groups excluding carboxylic acids is 2. The smallest absolute Gasteiger partial charge is 0.341 e. The Balaban J connectivity index is 1.99. The van der Waals surface area contributed by atoms with Crippen molar-refractivity contribution >= 4 is 22.8 Å². The summed E-state index contributed by atoms with van der Waals surface area (Å²) in [5, 5.41) is 0.777. The minimum absolute atomic E-state index is 0.379. The van der Waals surface area contributed by atoms with E-state index in [9.17, 15) is 9.59 Å². The number of ether oxygens (including phenoxy) is 2. The third-order valence-electron chi connectivity index (χ3n) is 2.81. The molecule has 1 aromatic heterocycles. The number of H-pyrrole nitrogens is 1. The number of aromatic amines is 1. The number of rotatable bonds is 3. The molecule has 1 heterocycles. The highest BCUT2D eigenvalue weighted by Gasteiger charge is 2.23. The van der Waals surface area contributed by atoms with Crippen molar-refractivity contribution in [3.63, 3.8) is 0 Å². The zero-order valence-corrected chi connectivity index (χ0v) is 11.7. The van der Waals surface area contributed by atoms with Crippen LogP contribution in [-0.4, -0.2) is 23.7 Å². The summed E-state index contributed by atoms with van der Waals surface area (Å²) in [5.74, 6) is -0.929. The van der Waals surface area contributed by atoms with Gasteiger partial charge in [0.05, 0.1) is 11.0 Å². The predicted molar refractivity (Wildman–Crippen MR) is 74.1 cm³/mol. The third-order valence-corrected chi connectivity index (χ3v) is 2.81. The Morgan fingerprint density at radius 2 is 1.90 bits per heavy atom. The molecule has 0 spiro atoms. The largest absolute Gasteiger partial charge is 0.427 e. The lowest BCUT2D eigenvalue weighted by atomic mass is 9.98. The topological polar surface area (TPSA) is 68.4 Å². The molecule has 0 aliphatic carbocycles. The predicted octanol–water partition coefficient (Wildman–Crippen LogP) is 2.87. The van der Waals surface area contributed by atoms with Crippen LogP contribution in [-0.2, 0) is 14.3 Å². The molecule has 0 saturated heterocycles. The average molecular weight is 275 g/mol. The van der Waals surface area contributed by atoms with Crippen LogP contribution < -0.4 is 0 Å². The van der Waals surface area contributed by atoms with Crippen molar-refractivity contribution in [1.82, 2.24) is 4.98 Å². The van der Waals surface area contributed by atoms with Gasteiger partial charge >= 0.3 is 11.9 Å². The van der Waals surface area contributed by atoms with Gasteiger partial charge in [-0.2, -0.15) is 0 Å². The van der Waals surface area contributed by atoms with E-state index < -0.39 is 17.4 Å². The first-order valence-electron chi connectivity index (χ1n) is 6.30. The van der Waals surface area contributed by atoms with Gasteiger partial charge < -0.3 is 14.5 Å². The van der Waals surface area contributed by atoms with Gasteiger partial charge in [0.25, 0.3) is 0 Å². The normalized spacial score (nSPS) is 11.3. The number of carbonyl (C=O) groups is 2. The molecule has 0 atom stereocenters. The Labute approximate surface area is 116 Å². The quantitative estimate of drug-likeness (QED) is 0.690. The van der Waals surface area contributed by atoms with Gasteiger partial charge in [0, 0.05) is 17.1 Å². The second kappa shape index (κ2) is 5.36. The Kier molecular flexibility index (Phi) is 3.79. The second-order valence-electron chi connectivity index (χ2n) is 5.48. The average Bonchev–Trinajstić information content (AvgIpc) is 2.85. The van der Waals surface area contributed by atoms with Crippen molar-refractivity contribution in [2.75, 3.05) is 6.79 Å². The second-order valence-corrected chi connectivity index (χ2v) is 5.48. The van der Waals surface area contributed by atoms with E-state index in [1.807, 2.05) is 6.07 Å². The summed E-state index contributed by atoms with van der Waals surface area (Å²) in [6, 6.07) is 7.10. The van der Waals surface area contributed by atoms with Crippen molar-refractivity contribution < 1.29 is 19.1 Å². The van der Waals surface area contributed by atoms with E-state index in [0.29, 0.717) is 5.56 Å². The van der Waals surface area contributed by atoms with Crippen molar-refractivity contribution in [1.29, 1.82) is 0 Å². The summed E-state index contributed by atoms with van der Waals surface area (Å²) in [6.07, 6.45) is 1.75. The monoisotopic (exact) mass is 275 g/mol. The zero-order chi connectivity index (χ0) is 14.8. The number of benzene rings is 1. The Morgan fingerprint density at radius 3 is 2.60 bits per heavy atom. The van der Waals surface area contributed by atoms with Crippen LogP contribution in [0.1, 0.15) is 31.1 Å². The number of esters is 2. The molecule has 0 bridgehead atoms. The van der Waals surface area contributed by atoms with Gasteiger partial charge in [0.2, 0.25) is 6.79 Å². The van der Waals surface area contributed by atoms with Gasteiger partial charge in [0.15, 0.2) is 0 Å². The highest BCUT2D eigenvalue weighted by atomic mass is 16.7. The van der Waals surface area contributed by atoms with Crippen molar-refractivity contribution in [2.24, 2.45) is 5.41 Å². The fraction of sp³-hybridized carbons (Fsp3) is 0.333. The number of fused-ring (bicyclic) bond motifs is 1. The number of aromatic nitrogens is 1. The van der Waals surface area contributed by atoms with Crippen molar-refractivity contribution in [2.45, 2.75) is 20.8 Å². The van der Waals surface area contributed by atoms with E-state index in [2.05, 4.69) is 4.98 Å². The van der Waals surface area contributed by atoms with E-state index in [1.165, 1.54) is 0 Å². The molecular weight excluding hydrogens is 258 g/mol. The summed E-state index contributed by atoms with van der Waals surface area (Å²) < 4.78 is 9.88. The fourth-order valence-corrected chi connectivity index (χ4v) is 1.69. The molecular formula is C15H17NO4. The molecule has 2 aromatic rings. The van der Waals surface area contributed by atoms with Gasteiger partial charge in [-0.05, 0) is 39.0 Å². The molecule has 0 unspecified atom stereocenters. The summed E-state index contributed by atoms with van der Waals surface area (Å²) in [6.45, 7) is 4.82. The van der Waals surface area contributed by atoms with E-state index in [0.717, 1.165) is 10.9 Å². The summed E-state index contributed by atoms with van der Waals surface area (Å²) in [4.78, 5) is 26.5. The maximum atomic E-state index is 12.0. The van der Waals surface area contributed by atoms with Crippen LogP contribution >= 0.6 is 0 Å². The maximum Gasteiger partial charge on any atom is 0.341 e. The standard InChI is InChI=1S/C15H17NO4/c1-15(2,3)14(18)20-9-19-13(17)11-5-4-6-12-10(11)7-8-16-12/h4-8,16H,9H2,1-3H3. The van der Waals surface area contributed by atoms with Gasteiger partial charge in [0.1, 0.15) is 0 Å². The molecule has 0 fully saturated rings. The Hall–Kier alpha value is -2.30. The molecule has 0 radical (unpaired) electrons. The molecule has 0 aliphatic rings. The summed E-state index contributed by atoms with van der Waals surface area (Å²) in [5.41, 5.74) is 0.675. The highest BCUT2D eigenvalue weighted by molar-refractivity contribution is 6.03. The van der Waals surface area contributed by atoms with Gasteiger partial charge in [-0.25, -0.2) is 4.79 Å². The molecule has 20 heavy (non-hydrogen) atoms. The molecule has 1 aromatic carbocycles. The van der Waals surface area contributed by atoms with Crippen molar-refractivity contribution in [3.05, 3.63) is 36.0 Å². The summed E-state index contributed by atoms with van der Waals surface area (Å²) >= 11 is 0. The van der Waals surface area contributed by atoms with Crippen LogP contribution in [0.5, 0.6) is 0 Å². The SMILES string of the molecule is CC(C)(C)C(=O)OCOC(=O)c1cccc2[nH]ccc12. The molecule has 5 heteroatoms. The van der Waals surface area contributed by atoms with Crippen LogP contribution in [0.4, 0.5) is 0 Å². The number of nitrogens with one attached hydrogen (secondary N) is 1. The highest BCUT2D eigenvalue weighted by Crippen LogP contribution is 2.19. The van der Waals surface area contributed by atoms with Gasteiger partial charge in [-0.1, -0.05) is 6.07 Å². The molecule has 5 nitrogen and oxygen atoms in total. The fourth-order valence-electron chi connectivity index (χ4n) is 1.69. The molecule has 2 rings (SSSR count). The summed E-state index contributed by atoms with van der Waals surface area (Å²) in [7, 11) is 0. The lowest BCUT2D eigenvalue weighted by molar-refractivity contribution is -0.161. The Bertz CT molecular complexity index is 637. The first-order chi connectivity index (χ1) is 9.39. The lowest BCUT2D eigenvalue weighted by Crippen LogP contribution is -2.24. The zero-order valence-electron chi connectivity index (χ0n) is 11.7. The Morgan fingerprint density at radius 1 is 1.15 bits per heavy atom. The van der Waals surface area contributed by atoms with Crippen LogP contribution in [0.2, 0.25) is 0 Å². The van der Waals surface area contributed by atoms with E-state index >= 15 is 0 Å². The molecule has 0 aliphatic heterocycles. The van der Waals surface area contributed by atoms with Crippen LogP contribution in [0, 0.1) is 5.41 Å². The van der Waals surface area contributed by atoms with Gasteiger partial charge in [-0.15, -0.1) is 0 Å². The minimum atomic E-state index is -0.618. The van der Waals surface area contributed by atoms with E-state index in [-0.39, 0.29) is 6.79 Å². The van der Waals surface area contributed by atoms with E-state index in [4.69, 9.17) is 9.47 Å². The third kappa shape index (κ3) is 2.99.